The number of hydrogen-bond donors (Lipinski definition) is 3. The molecule has 6 nitrogen and oxygen atoms in total. The van der Waals surface area contributed by atoms with Gasteiger partial charge in [-0.25, -0.2) is 13.6 Å². The first kappa shape index (κ1) is 22.8. The topological polar surface area (TPSA) is 115 Å². The number of primary amides is 1. The zero-order valence-electron chi connectivity index (χ0n) is 17.1. The number of anilines is 1. The van der Waals surface area contributed by atoms with Gasteiger partial charge < -0.3 is 11.1 Å². The van der Waals surface area contributed by atoms with Gasteiger partial charge >= 0.3 is 0 Å². The second-order valence-corrected chi connectivity index (χ2v) is 9.17. The highest BCUT2D eigenvalue weighted by Gasteiger charge is 2.18. The van der Waals surface area contributed by atoms with Gasteiger partial charge in [0.2, 0.25) is 10.0 Å². The zero-order chi connectivity index (χ0) is 22.6. The lowest BCUT2D eigenvalue weighted by molar-refractivity contribution is 0.100. The second kappa shape index (κ2) is 9.51. The van der Waals surface area contributed by atoms with Crippen LogP contribution in [0.2, 0.25) is 5.02 Å². The summed E-state index contributed by atoms with van der Waals surface area (Å²) < 4.78 is 23.3. The summed E-state index contributed by atoms with van der Waals surface area (Å²) in [6.07, 6.45) is 1.90. The van der Waals surface area contributed by atoms with Crippen molar-refractivity contribution in [1.82, 2.24) is 0 Å². The summed E-state index contributed by atoms with van der Waals surface area (Å²) in [7, 11) is -3.81. The number of nitrogens with two attached hydrogens (primary N) is 2. The molecule has 3 aromatic rings. The molecular weight excluding hydrogens is 434 g/mol. The number of benzene rings is 3. The summed E-state index contributed by atoms with van der Waals surface area (Å²) in [6.45, 7) is 2.74. The number of rotatable bonds is 8. The number of carbonyl (C=O) groups excluding carboxylic acids is 1. The number of unbranched alkanes of at least 4 members (excludes halogenated alkanes) is 1. The fourth-order valence-electron chi connectivity index (χ4n) is 3.28. The van der Waals surface area contributed by atoms with Gasteiger partial charge in [-0.15, -0.1) is 0 Å². The molecule has 0 unspecified atom stereocenters. The van der Waals surface area contributed by atoms with Gasteiger partial charge in [0, 0.05) is 17.1 Å². The van der Waals surface area contributed by atoms with Crippen molar-refractivity contribution in [3.8, 4) is 22.3 Å². The Morgan fingerprint density at radius 3 is 2.13 bits per heavy atom. The molecule has 0 aliphatic rings. The molecule has 3 rings (SSSR count). The fourth-order valence-corrected chi connectivity index (χ4v) is 3.92. The number of sulfonamides is 1. The largest absolute Gasteiger partial charge is 0.384 e. The number of nitrogens with one attached hydrogen (secondary N) is 1. The van der Waals surface area contributed by atoms with Gasteiger partial charge in [0.15, 0.2) is 0 Å². The van der Waals surface area contributed by atoms with Gasteiger partial charge in [0.1, 0.15) is 0 Å². The highest BCUT2D eigenvalue weighted by molar-refractivity contribution is 7.89. The van der Waals surface area contributed by atoms with Gasteiger partial charge in [-0.2, -0.15) is 0 Å². The van der Waals surface area contributed by atoms with Crippen LogP contribution in [0.3, 0.4) is 0 Å². The van der Waals surface area contributed by atoms with Crippen molar-refractivity contribution in [1.29, 1.82) is 0 Å². The van der Waals surface area contributed by atoms with E-state index in [9.17, 15) is 13.2 Å². The molecule has 0 aliphatic carbocycles. The van der Waals surface area contributed by atoms with E-state index in [-0.39, 0.29) is 4.90 Å². The average molecular weight is 458 g/mol. The SMILES string of the molecule is CCCCNc1c(C(N)=O)cc(-c2ccc(Cl)cc2)cc1-c1ccc(S(N)(=O)=O)cc1. The third kappa shape index (κ3) is 5.44. The van der Waals surface area contributed by atoms with Crippen LogP contribution in [0.25, 0.3) is 22.3 Å². The molecule has 0 bridgehead atoms. The highest BCUT2D eigenvalue weighted by Crippen LogP contribution is 2.37. The minimum absolute atomic E-state index is 0.0146. The van der Waals surface area contributed by atoms with Gasteiger partial charge in [-0.05, 0) is 59.5 Å². The van der Waals surface area contributed by atoms with Crippen LogP contribution in [0, 0.1) is 0 Å². The molecule has 0 radical (unpaired) electrons. The predicted molar refractivity (Wildman–Crippen MR) is 126 cm³/mol. The fraction of sp³-hybridized carbons (Fsp3) is 0.174. The molecule has 0 aliphatic heterocycles. The van der Waals surface area contributed by atoms with Crippen LogP contribution >= 0.6 is 11.6 Å². The number of hydrogen-bond acceptors (Lipinski definition) is 4. The Labute approximate surface area is 187 Å². The number of carbonyl (C=O) groups is 1. The monoisotopic (exact) mass is 457 g/mol. The van der Waals surface area contributed by atoms with E-state index in [1.807, 2.05) is 18.2 Å². The summed E-state index contributed by atoms with van der Waals surface area (Å²) in [5, 5.41) is 9.16. The van der Waals surface area contributed by atoms with Crippen LogP contribution in [0.1, 0.15) is 30.1 Å². The van der Waals surface area contributed by atoms with Gasteiger partial charge in [-0.3, -0.25) is 4.79 Å². The van der Waals surface area contributed by atoms with E-state index in [4.69, 9.17) is 22.5 Å². The van der Waals surface area contributed by atoms with Crippen LogP contribution in [0.4, 0.5) is 5.69 Å². The normalized spacial score (nSPS) is 11.3. The Bertz CT molecular complexity index is 1190. The maximum atomic E-state index is 12.3. The third-order valence-corrected chi connectivity index (χ3v) is 6.09. The first-order chi connectivity index (χ1) is 14.7. The molecule has 0 fully saturated rings. The van der Waals surface area contributed by atoms with Crippen LogP contribution in [0.5, 0.6) is 0 Å². The molecule has 3 aromatic carbocycles. The van der Waals surface area contributed by atoms with Crippen LogP contribution in [-0.4, -0.2) is 20.9 Å². The van der Waals surface area contributed by atoms with E-state index in [1.54, 1.807) is 30.3 Å². The summed E-state index contributed by atoms with van der Waals surface area (Å²) in [5.74, 6) is -0.558. The predicted octanol–water partition coefficient (Wildman–Crippen LogP) is 4.63. The Kier molecular flexibility index (Phi) is 7.00. The maximum absolute atomic E-state index is 12.3. The van der Waals surface area contributed by atoms with E-state index in [0.29, 0.717) is 22.8 Å². The molecule has 31 heavy (non-hydrogen) atoms. The molecule has 5 N–H and O–H groups in total. The van der Waals surface area contributed by atoms with Crippen molar-refractivity contribution in [3.05, 3.63) is 71.2 Å². The summed E-state index contributed by atoms with van der Waals surface area (Å²) >= 11 is 6.01. The Morgan fingerprint density at radius 2 is 1.58 bits per heavy atom. The Morgan fingerprint density at radius 1 is 0.968 bits per heavy atom. The van der Waals surface area contributed by atoms with Crippen LogP contribution < -0.4 is 16.2 Å². The molecule has 0 saturated heterocycles. The molecule has 0 atom stereocenters. The summed E-state index contributed by atoms with van der Waals surface area (Å²) in [4.78, 5) is 12.3. The first-order valence-corrected chi connectivity index (χ1v) is 11.7. The van der Waals surface area contributed by atoms with E-state index in [2.05, 4.69) is 12.2 Å². The van der Waals surface area contributed by atoms with Crippen LogP contribution in [-0.2, 0) is 10.0 Å². The van der Waals surface area contributed by atoms with Gasteiger partial charge in [0.25, 0.3) is 5.91 Å². The van der Waals surface area contributed by atoms with E-state index >= 15 is 0 Å². The van der Waals surface area contributed by atoms with Crippen molar-refractivity contribution < 1.29 is 13.2 Å². The van der Waals surface area contributed by atoms with Crippen molar-refractivity contribution >= 4 is 33.2 Å². The molecule has 0 saturated carbocycles. The van der Waals surface area contributed by atoms with Crippen molar-refractivity contribution in [2.24, 2.45) is 10.9 Å². The van der Waals surface area contributed by atoms with Crippen molar-refractivity contribution in [2.75, 3.05) is 11.9 Å². The number of amides is 1. The first-order valence-electron chi connectivity index (χ1n) is 9.81. The van der Waals surface area contributed by atoms with Gasteiger partial charge in [-0.1, -0.05) is 49.2 Å². The molecule has 162 valence electrons. The quantitative estimate of drug-likeness (QED) is 0.427. The molecule has 8 heteroatoms. The minimum atomic E-state index is -3.81. The van der Waals surface area contributed by atoms with E-state index in [0.717, 1.165) is 35.1 Å². The van der Waals surface area contributed by atoms with E-state index in [1.165, 1.54) is 12.1 Å². The lowest BCUT2D eigenvalue weighted by Gasteiger charge is -2.18. The number of halogens is 1. The van der Waals surface area contributed by atoms with Crippen molar-refractivity contribution in [2.45, 2.75) is 24.7 Å². The standard InChI is InChI=1S/C23H24ClN3O3S/c1-2-3-12-27-22-20(16-6-10-19(11-7-16)31(26,29)30)13-17(14-21(22)23(25)28)15-4-8-18(24)9-5-15/h4-11,13-14,27H,2-3,12H2,1H3,(H2,25,28)(H2,26,29,30). The lowest BCUT2D eigenvalue weighted by Crippen LogP contribution is -2.16. The molecular formula is C23H24ClN3O3S. The van der Waals surface area contributed by atoms with Gasteiger partial charge in [0.05, 0.1) is 16.1 Å². The second-order valence-electron chi connectivity index (χ2n) is 7.17. The Balaban J connectivity index is 2.21. The third-order valence-electron chi connectivity index (χ3n) is 4.91. The Hall–Kier alpha value is -2.87. The highest BCUT2D eigenvalue weighted by atomic mass is 35.5. The molecule has 0 heterocycles. The molecule has 0 aromatic heterocycles. The zero-order valence-corrected chi connectivity index (χ0v) is 18.6. The van der Waals surface area contributed by atoms with Crippen LogP contribution in [0.15, 0.2) is 65.6 Å². The smallest absolute Gasteiger partial charge is 0.250 e. The lowest BCUT2D eigenvalue weighted by atomic mass is 9.93. The van der Waals surface area contributed by atoms with Crippen molar-refractivity contribution in [3.63, 3.8) is 0 Å². The minimum Gasteiger partial charge on any atom is -0.384 e. The number of primary sulfonamides is 1. The van der Waals surface area contributed by atoms with E-state index < -0.39 is 15.9 Å². The molecule has 1 amide bonds. The average Bonchev–Trinajstić information content (AvgIpc) is 2.73. The summed E-state index contributed by atoms with van der Waals surface area (Å²) in [5.41, 5.74) is 9.81. The molecule has 0 spiro atoms. The summed E-state index contributed by atoms with van der Waals surface area (Å²) in [6, 6.07) is 17.2. The maximum Gasteiger partial charge on any atom is 0.250 e.